The van der Waals surface area contributed by atoms with Gasteiger partial charge in [-0.2, -0.15) is 5.26 Å². The Balaban J connectivity index is 1.82. The van der Waals surface area contributed by atoms with Gasteiger partial charge in [0.05, 0.1) is 15.6 Å². The van der Waals surface area contributed by atoms with Crippen molar-refractivity contribution in [2.45, 2.75) is 18.4 Å². The molecule has 0 bridgehead atoms. The first-order valence-corrected chi connectivity index (χ1v) is 8.00. The number of halogens is 1. The van der Waals surface area contributed by atoms with E-state index in [1.807, 2.05) is 25.1 Å². The molecule has 0 fully saturated rings. The molecule has 1 amide bonds. The number of benzene rings is 1. The summed E-state index contributed by atoms with van der Waals surface area (Å²) < 4.78 is 0. The summed E-state index contributed by atoms with van der Waals surface area (Å²) in [5.41, 5.74) is 2.09. The first-order chi connectivity index (χ1) is 10.6. The number of nitrogens with one attached hydrogen (secondary N) is 1. The summed E-state index contributed by atoms with van der Waals surface area (Å²) in [6, 6.07) is 10.7. The Morgan fingerprint density at radius 3 is 2.86 bits per heavy atom. The monoisotopic (exact) mass is 331 g/mol. The van der Waals surface area contributed by atoms with Crippen LogP contribution >= 0.6 is 23.4 Å². The number of nitrogens with zero attached hydrogens (tertiary/aromatic N) is 2. The zero-order valence-electron chi connectivity index (χ0n) is 12.0. The molecule has 0 aliphatic rings. The highest BCUT2D eigenvalue weighted by atomic mass is 35.5. The molecule has 1 N–H and O–H groups in total. The van der Waals surface area contributed by atoms with Crippen molar-refractivity contribution >= 4 is 35.0 Å². The average molecular weight is 332 g/mol. The van der Waals surface area contributed by atoms with E-state index in [-0.39, 0.29) is 5.91 Å². The van der Waals surface area contributed by atoms with Crippen molar-refractivity contribution in [2.75, 3.05) is 11.1 Å². The molecule has 0 radical (unpaired) electrons. The average Bonchev–Trinajstić information content (AvgIpc) is 2.49. The highest BCUT2D eigenvalue weighted by Crippen LogP contribution is 2.21. The highest BCUT2D eigenvalue weighted by molar-refractivity contribution is 7.99. The number of aryl methyl sites for hydroxylation is 1. The molecule has 1 aromatic carbocycles. The van der Waals surface area contributed by atoms with Crippen LogP contribution in [0.15, 0.2) is 41.6 Å². The SMILES string of the molecule is Cc1ccc(SCCC(=O)Nc2ccc(C#N)c(Cl)c2)nc1. The molecule has 112 valence electrons. The second-order valence-electron chi connectivity index (χ2n) is 4.63. The summed E-state index contributed by atoms with van der Waals surface area (Å²) in [5.74, 6) is 0.548. The Hall–Kier alpha value is -2.03. The largest absolute Gasteiger partial charge is 0.326 e. The fourth-order valence-electron chi connectivity index (χ4n) is 1.69. The van der Waals surface area contributed by atoms with Crippen LogP contribution in [0.2, 0.25) is 5.02 Å². The molecular weight excluding hydrogens is 318 g/mol. The van der Waals surface area contributed by atoms with Gasteiger partial charge >= 0.3 is 0 Å². The van der Waals surface area contributed by atoms with Crippen molar-refractivity contribution in [1.82, 2.24) is 4.98 Å². The summed E-state index contributed by atoms with van der Waals surface area (Å²) in [7, 11) is 0. The van der Waals surface area contributed by atoms with Crippen LogP contribution in [0.25, 0.3) is 0 Å². The summed E-state index contributed by atoms with van der Waals surface area (Å²) in [6.45, 7) is 1.98. The topological polar surface area (TPSA) is 65.8 Å². The number of carbonyl (C=O) groups excluding carboxylic acids is 1. The van der Waals surface area contributed by atoms with Gasteiger partial charge in [-0.1, -0.05) is 17.7 Å². The molecule has 1 aromatic heterocycles. The second kappa shape index (κ2) is 7.83. The van der Waals surface area contributed by atoms with Crippen molar-refractivity contribution < 1.29 is 4.79 Å². The molecule has 22 heavy (non-hydrogen) atoms. The molecule has 0 saturated heterocycles. The Bertz CT molecular complexity index is 710. The van der Waals surface area contributed by atoms with E-state index >= 15 is 0 Å². The van der Waals surface area contributed by atoms with E-state index in [4.69, 9.17) is 16.9 Å². The number of amides is 1. The van der Waals surface area contributed by atoms with Gasteiger partial charge in [-0.15, -0.1) is 11.8 Å². The van der Waals surface area contributed by atoms with Gasteiger partial charge in [0.15, 0.2) is 0 Å². The van der Waals surface area contributed by atoms with Crippen LogP contribution < -0.4 is 5.32 Å². The molecule has 0 aliphatic heterocycles. The van der Waals surface area contributed by atoms with Crippen molar-refractivity contribution in [1.29, 1.82) is 5.26 Å². The van der Waals surface area contributed by atoms with Crippen LogP contribution in [0.1, 0.15) is 17.5 Å². The van der Waals surface area contributed by atoms with Gasteiger partial charge < -0.3 is 5.32 Å². The maximum absolute atomic E-state index is 11.9. The number of anilines is 1. The maximum atomic E-state index is 11.9. The fraction of sp³-hybridized carbons (Fsp3) is 0.188. The van der Waals surface area contributed by atoms with Gasteiger partial charge in [-0.25, -0.2) is 4.98 Å². The quantitative estimate of drug-likeness (QED) is 0.840. The molecule has 0 atom stereocenters. The number of thioether (sulfide) groups is 1. The molecule has 0 spiro atoms. The van der Waals surface area contributed by atoms with Gasteiger partial charge in [0.25, 0.3) is 0 Å². The van der Waals surface area contributed by atoms with Gasteiger partial charge in [0, 0.05) is 24.1 Å². The number of aromatic nitrogens is 1. The number of pyridine rings is 1. The predicted octanol–water partition coefficient (Wildman–Crippen LogP) is 4.04. The van der Waals surface area contributed by atoms with Crippen molar-refractivity contribution in [3.05, 3.63) is 52.7 Å². The van der Waals surface area contributed by atoms with Crippen molar-refractivity contribution in [2.24, 2.45) is 0 Å². The lowest BCUT2D eigenvalue weighted by atomic mass is 10.2. The molecule has 0 aliphatic carbocycles. The molecule has 6 heteroatoms. The first-order valence-electron chi connectivity index (χ1n) is 6.63. The minimum Gasteiger partial charge on any atom is -0.326 e. The summed E-state index contributed by atoms with van der Waals surface area (Å²) in [5, 5.41) is 12.8. The third-order valence-corrected chi connectivity index (χ3v) is 4.09. The van der Waals surface area contributed by atoms with Gasteiger partial charge in [-0.05, 0) is 36.8 Å². The highest BCUT2D eigenvalue weighted by Gasteiger charge is 2.06. The normalized spacial score (nSPS) is 10.0. The predicted molar refractivity (Wildman–Crippen MR) is 89.1 cm³/mol. The molecule has 1 heterocycles. The van der Waals surface area contributed by atoms with Crippen LogP contribution in [0.4, 0.5) is 5.69 Å². The fourth-order valence-corrected chi connectivity index (χ4v) is 2.71. The Kier molecular flexibility index (Phi) is 5.82. The van der Waals surface area contributed by atoms with Crippen LogP contribution in [0.3, 0.4) is 0 Å². The van der Waals surface area contributed by atoms with E-state index < -0.39 is 0 Å². The Morgan fingerprint density at radius 1 is 1.41 bits per heavy atom. The minimum atomic E-state index is -0.0969. The standard InChI is InChI=1S/C16H14ClN3OS/c1-11-2-5-16(19-10-11)22-7-6-15(21)20-13-4-3-12(9-18)14(17)8-13/h2-5,8,10H,6-7H2,1H3,(H,20,21). The van der Waals surface area contributed by atoms with Gasteiger partial charge in [0.1, 0.15) is 6.07 Å². The van der Waals surface area contributed by atoms with E-state index in [0.29, 0.717) is 28.4 Å². The summed E-state index contributed by atoms with van der Waals surface area (Å²) in [4.78, 5) is 16.1. The third-order valence-electron chi connectivity index (χ3n) is 2.84. The zero-order valence-corrected chi connectivity index (χ0v) is 13.5. The number of nitriles is 1. The van der Waals surface area contributed by atoms with E-state index in [2.05, 4.69) is 10.3 Å². The van der Waals surface area contributed by atoms with E-state index in [0.717, 1.165) is 10.6 Å². The van der Waals surface area contributed by atoms with Crippen LogP contribution in [0.5, 0.6) is 0 Å². The number of carbonyl (C=O) groups is 1. The molecule has 2 aromatic rings. The zero-order chi connectivity index (χ0) is 15.9. The maximum Gasteiger partial charge on any atom is 0.225 e. The Morgan fingerprint density at radius 2 is 2.23 bits per heavy atom. The summed E-state index contributed by atoms with van der Waals surface area (Å²) in [6.07, 6.45) is 2.18. The van der Waals surface area contributed by atoms with Crippen LogP contribution in [-0.4, -0.2) is 16.6 Å². The Labute approximate surface area is 138 Å². The minimum absolute atomic E-state index is 0.0969. The van der Waals surface area contributed by atoms with Gasteiger partial charge in [-0.3, -0.25) is 4.79 Å². The lowest BCUT2D eigenvalue weighted by Gasteiger charge is -2.06. The van der Waals surface area contributed by atoms with Crippen LogP contribution in [0, 0.1) is 18.3 Å². The molecule has 0 saturated carbocycles. The van der Waals surface area contributed by atoms with E-state index in [9.17, 15) is 4.79 Å². The number of rotatable bonds is 5. The molecule has 2 rings (SSSR count). The lowest BCUT2D eigenvalue weighted by molar-refractivity contribution is -0.115. The first kappa shape index (κ1) is 16.3. The van der Waals surface area contributed by atoms with Gasteiger partial charge in [0.2, 0.25) is 5.91 Å². The van der Waals surface area contributed by atoms with E-state index in [1.165, 1.54) is 11.8 Å². The van der Waals surface area contributed by atoms with E-state index in [1.54, 1.807) is 24.4 Å². The van der Waals surface area contributed by atoms with Crippen molar-refractivity contribution in [3.63, 3.8) is 0 Å². The molecular formula is C16H14ClN3OS. The summed E-state index contributed by atoms with van der Waals surface area (Å²) >= 11 is 7.46. The third kappa shape index (κ3) is 4.76. The van der Waals surface area contributed by atoms with Crippen LogP contribution in [-0.2, 0) is 4.79 Å². The molecule has 4 nitrogen and oxygen atoms in total. The lowest BCUT2D eigenvalue weighted by Crippen LogP contribution is -2.12. The smallest absolute Gasteiger partial charge is 0.225 e. The number of hydrogen-bond donors (Lipinski definition) is 1. The molecule has 0 unspecified atom stereocenters. The second-order valence-corrected chi connectivity index (χ2v) is 6.15. The number of hydrogen-bond acceptors (Lipinski definition) is 4. The van der Waals surface area contributed by atoms with Crippen molar-refractivity contribution in [3.8, 4) is 6.07 Å².